The minimum Gasteiger partial charge on any atom is -0.369 e. The molecular weight excluding hydrogens is 268 g/mol. The van der Waals surface area contributed by atoms with Crippen molar-refractivity contribution >= 4 is 17.5 Å². The monoisotopic (exact) mass is 294 g/mol. The smallest absolute Gasteiger partial charge is 0.221 e. The van der Waals surface area contributed by atoms with E-state index in [9.17, 15) is 4.79 Å². The lowest BCUT2D eigenvalue weighted by atomic mass is 10.2. The highest BCUT2D eigenvalue weighted by Crippen LogP contribution is 2.11. The molecule has 21 heavy (non-hydrogen) atoms. The predicted molar refractivity (Wildman–Crippen MR) is 84.8 cm³/mol. The van der Waals surface area contributed by atoms with E-state index >= 15 is 0 Å². The van der Waals surface area contributed by atoms with Gasteiger partial charge in [-0.15, -0.1) is 0 Å². The van der Waals surface area contributed by atoms with Crippen LogP contribution in [0.1, 0.15) is 39.4 Å². The first-order valence-corrected chi connectivity index (χ1v) is 7.40. The van der Waals surface area contributed by atoms with E-state index in [2.05, 4.69) is 46.8 Å². The first kappa shape index (κ1) is 17.2. The number of nitrogens with zero attached hydrogens (tertiary/aromatic N) is 2. The molecule has 0 saturated heterocycles. The summed E-state index contributed by atoms with van der Waals surface area (Å²) in [5.74, 6) is 7.88. The number of nitrogens with one attached hydrogen (secondary N) is 3. The van der Waals surface area contributed by atoms with Crippen LogP contribution < -0.4 is 21.9 Å². The number of carbonyl (C=O) groups excluding carboxylic acids is 1. The fourth-order valence-corrected chi connectivity index (χ4v) is 1.71. The standard InChI is InChI=1S/C14H26N6O/c1-4-5-11-18-12(8-13(19-11)20-15)16-7-6-14(21)17-9-10(2)3/h8,10H,4-7,9,15H2,1-3H3,(H,17,21)(H2,16,18,19,20). The summed E-state index contributed by atoms with van der Waals surface area (Å²) in [6, 6.07) is 1.73. The second-order valence-corrected chi connectivity index (χ2v) is 5.32. The van der Waals surface area contributed by atoms with E-state index in [0.717, 1.165) is 18.7 Å². The Hall–Kier alpha value is -1.89. The lowest BCUT2D eigenvalue weighted by Gasteiger charge is -2.10. The molecule has 0 radical (unpaired) electrons. The van der Waals surface area contributed by atoms with E-state index in [1.54, 1.807) is 6.07 Å². The van der Waals surface area contributed by atoms with Gasteiger partial charge in [-0.2, -0.15) is 0 Å². The number of hydrogen-bond acceptors (Lipinski definition) is 6. The molecule has 0 aliphatic heterocycles. The molecule has 0 saturated carbocycles. The van der Waals surface area contributed by atoms with Crippen LogP contribution >= 0.6 is 0 Å². The van der Waals surface area contributed by atoms with Crippen LogP contribution in [0.4, 0.5) is 11.6 Å². The van der Waals surface area contributed by atoms with Crippen molar-refractivity contribution in [2.24, 2.45) is 11.8 Å². The summed E-state index contributed by atoms with van der Waals surface area (Å²) in [4.78, 5) is 20.3. The molecule has 7 heteroatoms. The van der Waals surface area contributed by atoms with Gasteiger partial charge in [-0.25, -0.2) is 15.8 Å². The molecule has 0 aromatic carbocycles. The third-order valence-electron chi connectivity index (χ3n) is 2.76. The molecule has 118 valence electrons. The average molecular weight is 294 g/mol. The third-order valence-corrected chi connectivity index (χ3v) is 2.76. The van der Waals surface area contributed by atoms with Gasteiger partial charge in [0.2, 0.25) is 5.91 Å². The van der Waals surface area contributed by atoms with E-state index in [-0.39, 0.29) is 5.91 Å². The number of nitrogens with two attached hydrogens (primary N) is 1. The number of aryl methyl sites for hydroxylation is 1. The quantitative estimate of drug-likeness (QED) is 0.404. The van der Waals surface area contributed by atoms with Gasteiger partial charge < -0.3 is 16.1 Å². The molecule has 5 N–H and O–H groups in total. The molecule has 0 aliphatic rings. The fraction of sp³-hybridized carbons (Fsp3) is 0.643. The summed E-state index contributed by atoms with van der Waals surface area (Å²) in [5.41, 5.74) is 2.53. The molecule has 0 aliphatic carbocycles. The van der Waals surface area contributed by atoms with Crippen molar-refractivity contribution in [2.75, 3.05) is 23.8 Å². The molecule has 1 aromatic rings. The van der Waals surface area contributed by atoms with Crippen LogP contribution in [0.3, 0.4) is 0 Å². The number of hydrazine groups is 1. The number of hydrogen-bond donors (Lipinski definition) is 4. The van der Waals surface area contributed by atoms with Crippen LogP contribution in [-0.2, 0) is 11.2 Å². The van der Waals surface area contributed by atoms with Crippen LogP contribution in [0.5, 0.6) is 0 Å². The van der Waals surface area contributed by atoms with Crippen LogP contribution in [0.25, 0.3) is 0 Å². The first-order chi connectivity index (χ1) is 10.0. The minimum absolute atomic E-state index is 0.0382. The molecule has 1 amide bonds. The molecule has 0 fully saturated rings. The Labute approximate surface area is 126 Å². The number of anilines is 2. The van der Waals surface area contributed by atoms with Crippen molar-refractivity contribution < 1.29 is 4.79 Å². The molecule has 0 atom stereocenters. The Morgan fingerprint density at radius 2 is 2.05 bits per heavy atom. The lowest BCUT2D eigenvalue weighted by molar-refractivity contribution is -0.120. The second-order valence-electron chi connectivity index (χ2n) is 5.32. The van der Waals surface area contributed by atoms with Gasteiger partial charge in [0.15, 0.2) is 0 Å². The highest BCUT2D eigenvalue weighted by atomic mass is 16.1. The Morgan fingerprint density at radius 1 is 1.33 bits per heavy atom. The zero-order chi connectivity index (χ0) is 15.7. The van der Waals surface area contributed by atoms with Crippen molar-refractivity contribution in [1.29, 1.82) is 0 Å². The SMILES string of the molecule is CCCc1nc(NN)cc(NCCC(=O)NCC(C)C)n1. The zero-order valence-corrected chi connectivity index (χ0v) is 13.1. The molecule has 1 aromatic heterocycles. The maximum atomic E-state index is 11.6. The Bertz CT molecular complexity index is 449. The average Bonchev–Trinajstić information content (AvgIpc) is 2.45. The van der Waals surface area contributed by atoms with Crippen molar-refractivity contribution in [1.82, 2.24) is 15.3 Å². The molecule has 0 bridgehead atoms. The van der Waals surface area contributed by atoms with Gasteiger partial charge in [-0.3, -0.25) is 4.79 Å². The largest absolute Gasteiger partial charge is 0.369 e. The van der Waals surface area contributed by atoms with E-state index in [1.165, 1.54) is 0 Å². The summed E-state index contributed by atoms with van der Waals surface area (Å²) in [5, 5.41) is 6.01. The molecule has 7 nitrogen and oxygen atoms in total. The Morgan fingerprint density at radius 3 is 2.67 bits per heavy atom. The van der Waals surface area contributed by atoms with Gasteiger partial charge in [0.1, 0.15) is 17.5 Å². The van der Waals surface area contributed by atoms with Crippen molar-refractivity contribution in [3.8, 4) is 0 Å². The van der Waals surface area contributed by atoms with Gasteiger partial charge in [0.25, 0.3) is 0 Å². The maximum Gasteiger partial charge on any atom is 0.221 e. The van der Waals surface area contributed by atoms with Gasteiger partial charge in [0, 0.05) is 32.0 Å². The van der Waals surface area contributed by atoms with Crippen LogP contribution in [-0.4, -0.2) is 29.0 Å². The third kappa shape index (κ3) is 6.89. The number of aromatic nitrogens is 2. The number of carbonyl (C=O) groups is 1. The van der Waals surface area contributed by atoms with Crippen LogP contribution in [0.15, 0.2) is 6.07 Å². The minimum atomic E-state index is 0.0382. The van der Waals surface area contributed by atoms with Gasteiger partial charge >= 0.3 is 0 Å². The fourth-order valence-electron chi connectivity index (χ4n) is 1.71. The highest BCUT2D eigenvalue weighted by Gasteiger charge is 2.05. The summed E-state index contributed by atoms with van der Waals surface area (Å²) < 4.78 is 0. The van der Waals surface area contributed by atoms with Crippen molar-refractivity contribution in [2.45, 2.75) is 40.0 Å². The molecule has 1 heterocycles. The van der Waals surface area contributed by atoms with Crippen molar-refractivity contribution in [3.05, 3.63) is 11.9 Å². The molecule has 0 spiro atoms. The number of amides is 1. The van der Waals surface area contributed by atoms with Gasteiger partial charge in [-0.1, -0.05) is 20.8 Å². The Balaban J connectivity index is 2.47. The molecule has 0 unspecified atom stereocenters. The van der Waals surface area contributed by atoms with Gasteiger partial charge in [0.05, 0.1) is 0 Å². The predicted octanol–water partition coefficient (Wildman–Crippen LogP) is 1.29. The van der Waals surface area contributed by atoms with Gasteiger partial charge in [-0.05, 0) is 12.3 Å². The van der Waals surface area contributed by atoms with Crippen molar-refractivity contribution in [3.63, 3.8) is 0 Å². The summed E-state index contributed by atoms with van der Waals surface area (Å²) in [6.45, 7) is 7.43. The molecular formula is C14H26N6O. The van der Waals surface area contributed by atoms with E-state index in [4.69, 9.17) is 5.84 Å². The highest BCUT2D eigenvalue weighted by molar-refractivity contribution is 5.76. The van der Waals surface area contributed by atoms with Crippen LogP contribution in [0, 0.1) is 5.92 Å². The van der Waals surface area contributed by atoms with Crippen LogP contribution in [0.2, 0.25) is 0 Å². The van der Waals surface area contributed by atoms with E-state index < -0.39 is 0 Å². The summed E-state index contributed by atoms with van der Waals surface area (Å²) in [6.07, 6.45) is 2.16. The van der Waals surface area contributed by atoms with E-state index in [1.807, 2.05) is 0 Å². The second kappa shape index (κ2) is 9.12. The summed E-state index contributed by atoms with van der Waals surface area (Å²) >= 11 is 0. The maximum absolute atomic E-state index is 11.6. The summed E-state index contributed by atoms with van der Waals surface area (Å²) in [7, 11) is 0. The zero-order valence-electron chi connectivity index (χ0n) is 13.1. The topological polar surface area (TPSA) is 105 Å². The first-order valence-electron chi connectivity index (χ1n) is 7.40. The number of nitrogen functional groups attached to an aromatic ring is 1. The Kier molecular flexibility index (Phi) is 7.45. The lowest BCUT2D eigenvalue weighted by Crippen LogP contribution is -2.28. The molecule has 1 rings (SSSR count). The van der Waals surface area contributed by atoms with E-state index in [0.29, 0.717) is 37.1 Å². The number of rotatable bonds is 9. The normalized spacial score (nSPS) is 10.5.